The second-order valence-electron chi connectivity index (χ2n) is 5.22. The molecular formula is C16H17F3N4O2. The van der Waals surface area contributed by atoms with Crippen LogP contribution in [0.3, 0.4) is 0 Å². The van der Waals surface area contributed by atoms with E-state index in [1.54, 1.807) is 12.4 Å². The van der Waals surface area contributed by atoms with Crippen LogP contribution in [0.1, 0.15) is 6.42 Å². The normalized spacial score (nSPS) is 11.2. The summed E-state index contributed by atoms with van der Waals surface area (Å²) in [6, 6.07) is 9.54. The second kappa shape index (κ2) is 8.32. The molecule has 2 aromatic rings. The van der Waals surface area contributed by atoms with Gasteiger partial charge in [-0.05, 0) is 6.42 Å². The van der Waals surface area contributed by atoms with Gasteiger partial charge in [-0.15, -0.1) is 0 Å². The summed E-state index contributed by atoms with van der Waals surface area (Å²) < 4.78 is 37.8. The molecular weight excluding hydrogens is 337 g/mol. The first kappa shape index (κ1) is 18.5. The first-order chi connectivity index (χ1) is 11.9. The fourth-order valence-corrected chi connectivity index (χ4v) is 2.13. The van der Waals surface area contributed by atoms with Gasteiger partial charge in [0, 0.05) is 31.0 Å². The molecule has 134 valence electrons. The molecule has 0 saturated carbocycles. The van der Waals surface area contributed by atoms with Crippen LogP contribution in [0.15, 0.2) is 42.7 Å². The third kappa shape index (κ3) is 5.94. The number of aromatic nitrogens is 2. The van der Waals surface area contributed by atoms with Crippen LogP contribution >= 0.6 is 0 Å². The van der Waals surface area contributed by atoms with Gasteiger partial charge in [-0.25, -0.2) is 4.98 Å². The number of nitrogens with one attached hydrogen (secondary N) is 2. The lowest BCUT2D eigenvalue weighted by molar-refractivity contribution is -0.146. The van der Waals surface area contributed by atoms with E-state index in [0.29, 0.717) is 13.0 Å². The summed E-state index contributed by atoms with van der Waals surface area (Å²) in [4.78, 5) is 26.9. The smallest absolute Gasteiger partial charge is 0.348 e. The summed E-state index contributed by atoms with van der Waals surface area (Å²) >= 11 is 0. The van der Waals surface area contributed by atoms with E-state index in [1.165, 1.54) is 5.32 Å². The van der Waals surface area contributed by atoms with Gasteiger partial charge in [0.05, 0.1) is 0 Å². The van der Waals surface area contributed by atoms with Gasteiger partial charge in [0.1, 0.15) is 12.4 Å². The summed E-state index contributed by atoms with van der Waals surface area (Å²) in [5.41, 5.74) is 0.947. The number of halogens is 3. The number of nitrogens with zero attached hydrogens (tertiary/aromatic N) is 2. The molecule has 9 heteroatoms. The maximum Gasteiger partial charge on any atom is 0.405 e. The Labute approximate surface area is 142 Å². The molecule has 0 fully saturated rings. The summed E-state index contributed by atoms with van der Waals surface area (Å²) in [6.07, 6.45) is -0.606. The van der Waals surface area contributed by atoms with Gasteiger partial charge < -0.3 is 15.2 Å². The van der Waals surface area contributed by atoms with E-state index < -0.39 is 24.5 Å². The van der Waals surface area contributed by atoms with Crippen molar-refractivity contribution in [2.75, 3.05) is 13.1 Å². The molecule has 0 aliphatic heterocycles. The van der Waals surface area contributed by atoms with Crippen LogP contribution in [-0.2, 0) is 16.1 Å². The van der Waals surface area contributed by atoms with E-state index in [2.05, 4.69) is 10.3 Å². The SMILES string of the molecule is O=C(NCCCn1ccnc1-c1ccccc1)C(=O)NCC(F)(F)F. The van der Waals surface area contributed by atoms with Gasteiger partial charge in [0.25, 0.3) is 0 Å². The highest BCUT2D eigenvalue weighted by Crippen LogP contribution is 2.16. The van der Waals surface area contributed by atoms with Crippen molar-refractivity contribution in [2.45, 2.75) is 19.1 Å². The number of alkyl halides is 3. The van der Waals surface area contributed by atoms with Crippen molar-refractivity contribution in [1.82, 2.24) is 20.2 Å². The highest BCUT2D eigenvalue weighted by atomic mass is 19.4. The average molecular weight is 354 g/mol. The molecule has 0 radical (unpaired) electrons. The molecule has 25 heavy (non-hydrogen) atoms. The predicted molar refractivity (Wildman–Crippen MR) is 84.4 cm³/mol. The van der Waals surface area contributed by atoms with Gasteiger partial charge in [0.2, 0.25) is 0 Å². The molecule has 0 atom stereocenters. The Balaban J connectivity index is 1.76. The molecule has 0 aliphatic rings. The van der Waals surface area contributed by atoms with Crippen LogP contribution in [0.5, 0.6) is 0 Å². The molecule has 0 unspecified atom stereocenters. The molecule has 2 N–H and O–H groups in total. The molecule has 0 bridgehead atoms. The Kier molecular flexibility index (Phi) is 6.15. The van der Waals surface area contributed by atoms with Gasteiger partial charge in [-0.3, -0.25) is 9.59 Å². The Morgan fingerprint density at radius 1 is 1.08 bits per heavy atom. The minimum Gasteiger partial charge on any atom is -0.348 e. The number of carbonyl (C=O) groups is 2. The molecule has 2 amide bonds. The number of hydrogen-bond donors (Lipinski definition) is 2. The standard InChI is InChI=1S/C16H17F3N4O2/c17-16(18,19)11-22-15(25)14(24)21-7-4-9-23-10-8-20-13(23)12-5-2-1-3-6-12/h1-3,5-6,8,10H,4,7,9,11H2,(H,21,24)(H,22,25). The van der Waals surface area contributed by atoms with Crippen LogP contribution in [-0.4, -0.2) is 40.6 Å². The zero-order chi connectivity index (χ0) is 18.3. The lowest BCUT2D eigenvalue weighted by Gasteiger charge is -2.10. The molecule has 2 rings (SSSR count). The molecule has 0 aliphatic carbocycles. The van der Waals surface area contributed by atoms with Crippen LogP contribution in [0.4, 0.5) is 13.2 Å². The number of rotatable bonds is 6. The number of benzene rings is 1. The zero-order valence-corrected chi connectivity index (χ0v) is 13.2. The molecule has 6 nitrogen and oxygen atoms in total. The predicted octanol–water partition coefficient (Wildman–Crippen LogP) is 1.73. The quantitative estimate of drug-likeness (QED) is 0.613. The van der Waals surface area contributed by atoms with Gasteiger partial charge in [0.15, 0.2) is 0 Å². The fraction of sp³-hybridized carbons (Fsp3) is 0.312. The Hall–Kier alpha value is -2.84. The number of carbonyl (C=O) groups excluding carboxylic acids is 2. The summed E-state index contributed by atoms with van der Waals surface area (Å²) in [7, 11) is 0. The maximum absolute atomic E-state index is 12.0. The number of amides is 2. The first-order valence-corrected chi connectivity index (χ1v) is 7.56. The summed E-state index contributed by atoms with van der Waals surface area (Å²) in [6.45, 7) is -0.839. The van der Waals surface area contributed by atoms with E-state index in [9.17, 15) is 22.8 Å². The minimum atomic E-state index is -4.55. The molecule has 0 saturated heterocycles. The van der Waals surface area contributed by atoms with Crippen LogP contribution in [0, 0.1) is 0 Å². The van der Waals surface area contributed by atoms with Gasteiger partial charge in [-0.1, -0.05) is 30.3 Å². The van der Waals surface area contributed by atoms with Gasteiger partial charge >= 0.3 is 18.0 Å². The topological polar surface area (TPSA) is 76.0 Å². The van der Waals surface area contributed by atoms with E-state index in [0.717, 1.165) is 11.4 Å². The fourth-order valence-electron chi connectivity index (χ4n) is 2.13. The highest BCUT2D eigenvalue weighted by molar-refractivity contribution is 6.35. The summed E-state index contributed by atoms with van der Waals surface area (Å²) in [5, 5.41) is 3.80. The number of imidazole rings is 1. The van der Waals surface area contributed by atoms with Crippen LogP contribution in [0.25, 0.3) is 11.4 Å². The number of hydrogen-bond acceptors (Lipinski definition) is 3. The van der Waals surface area contributed by atoms with E-state index in [1.807, 2.05) is 34.9 Å². The Bertz CT molecular complexity index is 714. The lowest BCUT2D eigenvalue weighted by atomic mass is 10.2. The van der Waals surface area contributed by atoms with Crippen molar-refractivity contribution in [2.24, 2.45) is 0 Å². The Morgan fingerprint density at radius 3 is 2.44 bits per heavy atom. The van der Waals surface area contributed by atoms with Crippen LogP contribution < -0.4 is 10.6 Å². The van der Waals surface area contributed by atoms with E-state index in [4.69, 9.17) is 0 Å². The third-order valence-electron chi connectivity index (χ3n) is 3.26. The monoisotopic (exact) mass is 354 g/mol. The van der Waals surface area contributed by atoms with Crippen molar-refractivity contribution in [3.8, 4) is 11.4 Å². The molecule has 1 heterocycles. The summed E-state index contributed by atoms with van der Waals surface area (Å²) in [5.74, 6) is -1.61. The van der Waals surface area contributed by atoms with Crippen molar-refractivity contribution in [1.29, 1.82) is 0 Å². The average Bonchev–Trinajstić information content (AvgIpc) is 3.05. The second-order valence-corrected chi connectivity index (χ2v) is 5.22. The van der Waals surface area contributed by atoms with Crippen molar-refractivity contribution < 1.29 is 22.8 Å². The van der Waals surface area contributed by atoms with Crippen molar-refractivity contribution in [3.63, 3.8) is 0 Å². The lowest BCUT2D eigenvalue weighted by Crippen LogP contribution is -2.43. The maximum atomic E-state index is 12.0. The molecule has 1 aromatic carbocycles. The van der Waals surface area contributed by atoms with Gasteiger partial charge in [-0.2, -0.15) is 13.2 Å². The molecule has 1 aromatic heterocycles. The largest absolute Gasteiger partial charge is 0.405 e. The zero-order valence-electron chi connectivity index (χ0n) is 13.2. The molecule has 0 spiro atoms. The van der Waals surface area contributed by atoms with Crippen molar-refractivity contribution >= 4 is 11.8 Å². The third-order valence-corrected chi connectivity index (χ3v) is 3.26. The van der Waals surface area contributed by atoms with E-state index >= 15 is 0 Å². The van der Waals surface area contributed by atoms with Crippen molar-refractivity contribution in [3.05, 3.63) is 42.7 Å². The van der Waals surface area contributed by atoms with Crippen LogP contribution in [0.2, 0.25) is 0 Å². The van der Waals surface area contributed by atoms with E-state index in [-0.39, 0.29) is 6.54 Å². The minimum absolute atomic E-state index is 0.157. The first-order valence-electron chi connectivity index (χ1n) is 7.56. The highest BCUT2D eigenvalue weighted by Gasteiger charge is 2.28. The Morgan fingerprint density at radius 2 is 1.76 bits per heavy atom. The number of aryl methyl sites for hydroxylation is 1.